The molecular weight excluding hydrogens is 156 g/mol. The van der Waals surface area contributed by atoms with Crippen LogP contribution in [-0.4, -0.2) is 23.3 Å². The van der Waals surface area contributed by atoms with E-state index in [0.29, 0.717) is 0 Å². The lowest BCUT2D eigenvalue weighted by molar-refractivity contribution is -0.138. The Balaban J connectivity index is 3.97. The van der Waals surface area contributed by atoms with Crippen LogP contribution in [0.25, 0.3) is 0 Å². The van der Waals surface area contributed by atoms with Crippen LogP contribution in [0.5, 0.6) is 0 Å². The van der Waals surface area contributed by atoms with E-state index in [1.165, 1.54) is 0 Å². The topological polar surface area (TPSA) is 54.4 Å². The molecule has 0 radical (unpaired) electrons. The van der Waals surface area contributed by atoms with Crippen molar-refractivity contribution in [3.05, 3.63) is 0 Å². The van der Waals surface area contributed by atoms with Crippen molar-refractivity contribution in [2.24, 2.45) is 5.41 Å². The van der Waals surface area contributed by atoms with Gasteiger partial charge in [-0.15, -0.1) is 0 Å². The van der Waals surface area contributed by atoms with Crippen LogP contribution < -0.4 is 0 Å². The molecule has 0 saturated carbocycles. The van der Waals surface area contributed by atoms with Gasteiger partial charge in [0.25, 0.3) is 0 Å². The Morgan fingerprint density at radius 2 is 1.67 bits per heavy atom. The van der Waals surface area contributed by atoms with Gasteiger partial charge in [-0.25, -0.2) is 0 Å². The lowest BCUT2D eigenvalue weighted by Crippen LogP contribution is -2.21. The largest absolute Gasteiger partial charge is 0.396 e. The third-order valence-corrected chi connectivity index (χ3v) is 1.34. The molecule has 0 aromatic carbocycles. The number of aliphatic hydroxyl groups is 1. The van der Waals surface area contributed by atoms with Crippen LogP contribution in [-0.2, 0) is 9.59 Å². The molecule has 0 heterocycles. The number of carbonyl (C=O) groups is 2. The minimum atomic E-state index is -0.465. The number of Topliss-reactive ketones (excluding diaryl/α,β-unsaturated/α-hetero) is 2. The molecule has 0 aliphatic carbocycles. The van der Waals surface area contributed by atoms with E-state index < -0.39 is 5.78 Å². The summed E-state index contributed by atoms with van der Waals surface area (Å²) in [5.74, 6) is -0.844. The van der Waals surface area contributed by atoms with E-state index in [2.05, 4.69) is 0 Å². The lowest BCUT2D eigenvalue weighted by Gasteiger charge is -2.15. The van der Waals surface area contributed by atoms with Gasteiger partial charge < -0.3 is 5.11 Å². The Hall–Kier alpha value is -0.700. The standard InChI is InChI=1S/C9H16O3/c1-9(2,3)6-8(12)7(11)4-5-10/h10H,4-6H2,1-3H3. The number of rotatable bonds is 4. The molecule has 0 amide bonds. The number of hydrogen-bond acceptors (Lipinski definition) is 3. The van der Waals surface area contributed by atoms with Crippen LogP contribution in [0.15, 0.2) is 0 Å². The predicted molar refractivity (Wildman–Crippen MR) is 45.8 cm³/mol. The van der Waals surface area contributed by atoms with E-state index in [9.17, 15) is 9.59 Å². The summed E-state index contributed by atoms with van der Waals surface area (Å²) in [5, 5.41) is 8.41. The first-order chi connectivity index (χ1) is 5.37. The highest BCUT2D eigenvalue weighted by molar-refractivity contribution is 6.37. The van der Waals surface area contributed by atoms with Crippen molar-refractivity contribution in [1.29, 1.82) is 0 Å². The number of aliphatic hydroxyl groups excluding tert-OH is 1. The van der Waals surface area contributed by atoms with Gasteiger partial charge in [-0.05, 0) is 5.41 Å². The van der Waals surface area contributed by atoms with E-state index in [4.69, 9.17) is 5.11 Å². The quantitative estimate of drug-likeness (QED) is 0.642. The third kappa shape index (κ3) is 5.02. The van der Waals surface area contributed by atoms with Crippen LogP contribution in [0, 0.1) is 5.41 Å². The summed E-state index contributed by atoms with van der Waals surface area (Å²) < 4.78 is 0. The Bertz CT molecular complexity index is 177. The second-order valence-electron chi connectivity index (χ2n) is 4.06. The molecule has 70 valence electrons. The average Bonchev–Trinajstić information content (AvgIpc) is 1.84. The summed E-state index contributed by atoms with van der Waals surface area (Å²) in [5.41, 5.74) is -0.151. The normalized spacial score (nSPS) is 11.3. The molecule has 0 aromatic heterocycles. The van der Waals surface area contributed by atoms with Gasteiger partial charge in [-0.2, -0.15) is 0 Å². The average molecular weight is 172 g/mol. The molecule has 3 heteroatoms. The van der Waals surface area contributed by atoms with E-state index in [0.717, 1.165) is 0 Å². The van der Waals surface area contributed by atoms with Gasteiger partial charge in [0.05, 0.1) is 6.61 Å². The fraction of sp³-hybridized carbons (Fsp3) is 0.778. The summed E-state index contributed by atoms with van der Waals surface area (Å²) in [4.78, 5) is 22.0. The highest BCUT2D eigenvalue weighted by atomic mass is 16.3. The molecular formula is C9H16O3. The zero-order chi connectivity index (χ0) is 9.78. The summed E-state index contributed by atoms with van der Waals surface area (Å²) in [6.07, 6.45) is 0.209. The zero-order valence-corrected chi connectivity index (χ0v) is 7.89. The monoisotopic (exact) mass is 172 g/mol. The van der Waals surface area contributed by atoms with Gasteiger partial charge in [-0.3, -0.25) is 9.59 Å². The molecule has 3 nitrogen and oxygen atoms in total. The van der Waals surface area contributed by atoms with Gasteiger partial charge >= 0.3 is 0 Å². The fourth-order valence-corrected chi connectivity index (χ4v) is 0.821. The SMILES string of the molecule is CC(C)(C)CC(=O)C(=O)CCO. The van der Waals surface area contributed by atoms with E-state index in [1.54, 1.807) is 0 Å². The van der Waals surface area contributed by atoms with Crippen molar-refractivity contribution in [2.75, 3.05) is 6.61 Å². The Morgan fingerprint density at radius 3 is 2.00 bits per heavy atom. The zero-order valence-electron chi connectivity index (χ0n) is 7.89. The minimum Gasteiger partial charge on any atom is -0.396 e. The number of hydrogen-bond donors (Lipinski definition) is 1. The van der Waals surface area contributed by atoms with E-state index >= 15 is 0 Å². The van der Waals surface area contributed by atoms with Crippen LogP contribution >= 0.6 is 0 Å². The molecule has 0 fully saturated rings. The Morgan fingerprint density at radius 1 is 1.17 bits per heavy atom. The van der Waals surface area contributed by atoms with Crippen LogP contribution in [0.4, 0.5) is 0 Å². The van der Waals surface area contributed by atoms with Crippen LogP contribution in [0.3, 0.4) is 0 Å². The first-order valence-electron chi connectivity index (χ1n) is 4.04. The molecule has 12 heavy (non-hydrogen) atoms. The van der Waals surface area contributed by atoms with Gasteiger partial charge in [0.15, 0.2) is 5.78 Å². The molecule has 0 atom stereocenters. The number of ketones is 2. The van der Waals surface area contributed by atoms with Crippen molar-refractivity contribution in [3.63, 3.8) is 0 Å². The second-order valence-corrected chi connectivity index (χ2v) is 4.06. The van der Waals surface area contributed by atoms with Crippen molar-refractivity contribution < 1.29 is 14.7 Å². The van der Waals surface area contributed by atoms with E-state index in [-0.39, 0.29) is 30.6 Å². The van der Waals surface area contributed by atoms with Gasteiger partial charge in [-0.1, -0.05) is 20.8 Å². The molecule has 0 unspecified atom stereocenters. The minimum absolute atomic E-state index is 0.0467. The number of carbonyl (C=O) groups excluding carboxylic acids is 2. The smallest absolute Gasteiger partial charge is 0.200 e. The fourth-order valence-electron chi connectivity index (χ4n) is 0.821. The van der Waals surface area contributed by atoms with Gasteiger partial charge in [0, 0.05) is 12.8 Å². The first kappa shape index (κ1) is 11.3. The lowest BCUT2D eigenvalue weighted by atomic mass is 9.88. The first-order valence-corrected chi connectivity index (χ1v) is 4.04. The van der Waals surface area contributed by atoms with Crippen molar-refractivity contribution in [1.82, 2.24) is 0 Å². The molecule has 0 bridgehead atoms. The molecule has 0 spiro atoms. The van der Waals surface area contributed by atoms with Crippen molar-refractivity contribution in [3.8, 4) is 0 Å². The third-order valence-electron chi connectivity index (χ3n) is 1.34. The van der Waals surface area contributed by atoms with Crippen molar-refractivity contribution in [2.45, 2.75) is 33.6 Å². The maximum Gasteiger partial charge on any atom is 0.200 e. The molecule has 1 N–H and O–H groups in total. The highest BCUT2D eigenvalue weighted by Crippen LogP contribution is 2.18. The molecule has 0 aromatic rings. The Kier molecular flexibility index (Phi) is 4.10. The van der Waals surface area contributed by atoms with Crippen molar-refractivity contribution >= 4 is 11.6 Å². The maximum absolute atomic E-state index is 11.1. The van der Waals surface area contributed by atoms with Gasteiger partial charge in [0.1, 0.15) is 0 Å². The van der Waals surface area contributed by atoms with Crippen LogP contribution in [0.2, 0.25) is 0 Å². The summed E-state index contributed by atoms with van der Waals surface area (Å²) >= 11 is 0. The Labute approximate surface area is 72.8 Å². The summed E-state index contributed by atoms with van der Waals surface area (Å²) in [7, 11) is 0. The predicted octanol–water partition coefficient (Wildman–Crippen LogP) is 0.943. The second kappa shape index (κ2) is 4.36. The van der Waals surface area contributed by atoms with Crippen LogP contribution in [0.1, 0.15) is 33.6 Å². The summed E-state index contributed by atoms with van der Waals surface area (Å²) in [6, 6.07) is 0. The highest BCUT2D eigenvalue weighted by Gasteiger charge is 2.20. The molecule has 0 rings (SSSR count). The summed E-state index contributed by atoms with van der Waals surface area (Å²) in [6.45, 7) is 5.46. The molecule has 0 aliphatic rings. The maximum atomic E-state index is 11.1. The van der Waals surface area contributed by atoms with Gasteiger partial charge in [0.2, 0.25) is 5.78 Å². The molecule has 0 aliphatic heterocycles. The molecule has 0 saturated heterocycles. The van der Waals surface area contributed by atoms with E-state index in [1.807, 2.05) is 20.8 Å².